The average molecular weight is 494 g/mol. The summed E-state index contributed by atoms with van der Waals surface area (Å²) < 4.78 is 41.9. The Hall–Kier alpha value is -2.30. The summed E-state index contributed by atoms with van der Waals surface area (Å²) in [5.41, 5.74) is -0.340. The zero-order valence-corrected chi connectivity index (χ0v) is 17.9. The first kappa shape index (κ1) is 21.9. The number of alkyl halides is 3. The number of aromatic nitrogens is 5. The summed E-state index contributed by atoms with van der Waals surface area (Å²) >= 11 is 18.2. The highest BCUT2D eigenvalue weighted by molar-refractivity contribution is 6.36. The molecule has 0 radical (unpaired) electrons. The Kier molecular flexibility index (Phi) is 5.89. The smallest absolute Gasteiger partial charge is 0.292 e. The molecule has 2 aromatic heterocycles. The molecule has 0 spiro atoms. The van der Waals surface area contributed by atoms with Gasteiger partial charge in [0.15, 0.2) is 5.69 Å². The van der Waals surface area contributed by atoms with Gasteiger partial charge in [0.05, 0.1) is 17.3 Å². The van der Waals surface area contributed by atoms with E-state index in [2.05, 4.69) is 20.5 Å². The monoisotopic (exact) mass is 492 g/mol. The molecule has 1 fully saturated rings. The van der Waals surface area contributed by atoms with Crippen LogP contribution in [0.1, 0.15) is 35.7 Å². The number of rotatable bonds is 6. The minimum Gasteiger partial charge on any atom is -0.292 e. The number of amides is 1. The molecule has 0 unspecified atom stereocenters. The quantitative estimate of drug-likeness (QED) is 0.523. The van der Waals surface area contributed by atoms with E-state index >= 15 is 0 Å². The van der Waals surface area contributed by atoms with Gasteiger partial charge < -0.3 is 0 Å². The van der Waals surface area contributed by atoms with E-state index in [1.807, 2.05) is 0 Å². The molecule has 1 aromatic carbocycles. The van der Waals surface area contributed by atoms with Gasteiger partial charge in [-0.25, -0.2) is 9.67 Å². The highest BCUT2D eigenvalue weighted by atomic mass is 35.5. The molecule has 31 heavy (non-hydrogen) atoms. The van der Waals surface area contributed by atoms with Crippen LogP contribution >= 0.6 is 34.8 Å². The van der Waals surface area contributed by atoms with Crippen LogP contribution in [0.4, 0.5) is 19.1 Å². The summed E-state index contributed by atoms with van der Waals surface area (Å²) in [6.45, 7) is -0.233. The summed E-state index contributed by atoms with van der Waals surface area (Å²) in [6.07, 6.45) is -1.94. The summed E-state index contributed by atoms with van der Waals surface area (Å²) in [5.74, 6) is -0.791. The minimum atomic E-state index is -4.71. The predicted octanol–water partition coefficient (Wildman–Crippen LogP) is 5.02. The second-order valence-electron chi connectivity index (χ2n) is 6.99. The Morgan fingerprint density at radius 2 is 1.84 bits per heavy atom. The zero-order valence-electron chi connectivity index (χ0n) is 15.6. The molecule has 13 heteroatoms. The molecule has 164 valence electrons. The molecule has 1 saturated carbocycles. The number of carbonyl (C=O) groups excluding carboxylic acids is 1. The van der Waals surface area contributed by atoms with E-state index in [4.69, 9.17) is 34.8 Å². The van der Waals surface area contributed by atoms with Crippen LogP contribution in [0.15, 0.2) is 24.5 Å². The summed E-state index contributed by atoms with van der Waals surface area (Å²) in [7, 11) is 0. The molecule has 7 nitrogen and oxygen atoms in total. The van der Waals surface area contributed by atoms with Gasteiger partial charge in [0.25, 0.3) is 0 Å². The van der Waals surface area contributed by atoms with E-state index in [1.165, 1.54) is 11.0 Å². The highest BCUT2D eigenvalue weighted by Crippen LogP contribution is 2.46. The van der Waals surface area contributed by atoms with Gasteiger partial charge in [0.2, 0.25) is 11.9 Å². The molecule has 1 aliphatic carbocycles. The second kappa shape index (κ2) is 8.33. The van der Waals surface area contributed by atoms with Crippen molar-refractivity contribution in [3.63, 3.8) is 0 Å². The fourth-order valence-corrected chi connectivity index (χ4v) is 3.99. The normalized spacial score (nSPS) is 14.1. The van der Waals surface area contributed by atoms with E-state index in [9.17, 15) is 18.0 Å². The van der Waals surface area contributed by atoms with Crippen molar-refractivity contribution >= 4 is 46.7 Å². The van der Waals surface area contributed by atoms with Crippen LogP contribution < -0.4 is 5.32 Å². The van der Waals surface area contributed by atoms with Crippen molar-refractivity contribution in [3.05, 3.63) is 56.5 Å². The van der Waals surface area contributed by atoms with Crippen LogP contribution in [0.2, 0.25) is 15.1 Å². The van der Waals surface area contributed by atoms with Gasteiger partial charge >= 0.3 is 6.18 Å². The number of hydrogen-bond acceptors (Lipinski definition) is 4. The third-order valence-corrected chi connectivity index (χ3v) is 5.71. The van der Waals surface area contributed by atoms with E-state index in [0.29, 0.717) is 28.5 Å². The Labute approximate surface area is 189 Å². The Morgan fingerprint density at radius 3 is 2.45 bits per heavy atom. The van der Waals surface area contributed by atoms with Gasteiger partial charge in [-0.2, -0.15) is 18.3 Å². The Balaban J connectivity index is 1.47. The molecular formula is C18H14Cl3F3N6O. The molecular weight excluding hydrogens is 480 g/mol. The molecule has 0 aliphatic heterocycles. The maximum Gasteiger partial charge on any atom is 0.436 e. The molecule has 1 amide bonds. The molecule has 2 heterocycles. The average Bonchev–Trinajstić information content (AvgIpc) is 3.32. The van der Waals surface area contributed by atoms with E-state index in [0.717, 1.165) is 4.68 Å². The fourth-order valence-electron chi connectivity index (χ4n) is 3.08. The third-order valence-electron chi connectivity index (χ3n) is 4.63. The standard InChI is InChI=1S/C18H14Cl3F3N6O/c19-11-2-1-3-12(20)10(11)6-29-8-25-17(28-29)26-13(31)7-30-15(9-4-5-9)14(21)16(27-30)18(22,23)24/h1-3,8-9H,4-7H2,(H,26,28,31). The lowest BCUT2D eigenvalue weighted by atomic mass is 10.2. The maximum absolute atomic E-state index is 13.1. The largest absolute Gasteiger partial charge is 0.436 e. The summed E-state index contributed by atoms with van der Waals surface area (Å²) in [4.78, 5) is 16.4. The Bertz CT molecular complexity index is 1120. The molecule has 0 bridgehead atoms. The van der Waals surface area contributed by atoms with E-state index in [1.54, 1.807) is 18.2 Å². The first-order chi connectivity index (χ1) is 14.6. The summed E-state index contributed by atoms with van der Waals surface area (Å²) in [5, 5.41) is 10.6. The van der Waals surface area contributed by atoms with Crippen molar-refractivity contribution in [1.82, 2.24) is 24.5 Å². The predicted molar refractivity (Wildman–Crippen MR) is 108 cm³/mol. The molecule has 4 rings (SSSR count). The van der Waals surface area contributed by atoms with Crippen molar-refractivity contribution in [2.75, 3.05) is 5.32 Å². The fraction of sp³-hybridized carbons (Fsp3) is 0.333. The molecule has 1 aliphatic rings. The Morgan fingerprint density at radius 1 is 1.16 bits per heavy atom. The van der Waals surface area contributed by atoms with Crippen molar-refractivity contribution in [1.29, 1.82) is 0 Å². The van der Waals surface area contributed by atoms with Crippen LogP contribution in [-0.4, -0.2) is 30.5 Å². The van der Waals surface area contributed by atoms with E-state index in [-0.39, 0.29) is 24.1 Å². The molecule has 1 N–H and O–H groups in total. The zero-order chi connectivity index (χ0) is 22.3. The van der Waals surface area contributed by atoms with Gasteiger partial charge in [-0.15, -0.1) is 5.10 Å². The van der Waals surface area contributed by atoms with Crippen molar-refractivity contribution < 1.29 is 18.0 Å². The van der Waals surface area contributed by atoms with Gasteiger partial charge in [0, 0.05) is 21.5 Å². The number of benzene rings is 1. The second-order valence-corrected chi connectivity index (χ2v) is 8.18. The number of nitrogens with one attached hydrogen (secondary N) is 1. The van der Waals surface area contributed by atoms with Gasteiger partial charge in [0.1, 0.15) is 12.9 Å². The topological polar surface area (TPSA) is 77.6 Å². The number of anilines is 1. The SMILES string of the molecule is O=C(Cn1nc(C(F)(F)F)c(Cl)c1C1CC1)Nc1ncn(Cc2c(Cl)cccc2Cl)n1. The van der Waals surface area contributed by atoms with E-state index < -0.39 is 29.3 Å². The van der Waals surface area contributed by atoms with Crippen molar-refractivity contribution in [2.24, 2.45) is 0 Å². The lowest BCUT2D eigenvalue weighted by Gasteiger charge is -2.07. The number of carbonyl (C=O) groups is 1. The van der Waals surface area contributed by atoms with Crippen LogP contribution in [0, 0.1) is 0 Å². The first-order valence-corrected chi connectivity index (χ1v) is 10.2. The number of nitrogens with zero attached hydrogens (tertiary/aromatic N) is 5. The van der Waals surface area contributed by atoms with Gasteiger partial charge in [-0.3, -0.25) is 14.8 Å². The van der Waals surface area contributed by atoms with Crippen LogP contribution in [0.5, 0.6) is 0 Å². The third kappa shape index (κ3) is 4.81. The van der Waals surface area contributed by atoms with Crippen molar-refractivity contribution in [3.8, 4) is 0 Å². The first-order valence-electron chi connectivity index (χ1n) is 9.09. The number of halogens is 6. The summed E-state index contributed by atoms with van der Waals surface area (Å²) in [6, 6.07) is 5.08. The van der Waals surface area contributed by atoms with Crippen LogP contribution in [-0.2, 0) is 24.1 Å². The number of hydrogen-bond donors (Lipinski definition) is 1. The lowest BCUT2D eigenvalue weighted by molar-refractivity contribution is -0.141. The maximum atomic E-state index is 13.1. The van der Waals surface area contributed by atoms with Crippen LogP contribution in [0.25, 0.3) is 0 Å². The van der Waals surface area contributed by atoms with Gasteiger partial charge in [-0.1, -0.05) is 40.9 Å². The lowest BCUT2D eigenvalue weighted by Crippen LogP contribution is -2.22. The molecule has 3 aromatic rings. The van der Waals surface area contributed by atoms with Crippen LogP contribution in [0.3, 0.4) is 0 Å². The van der Waals surface area contributed by atoms with Crippen molar-refractivity contribution in [2.45, 2.75) is 38.0 Å². The minimum absolute atomic E-state index is 0.0181. The molecule has 0 atom stereocenters. The highest BCUT2D eigenvalue weighted by Gasteiger charge is 2.42. The van der Waals surface area contributed by atoms with Gasteiger partial charge in [-0.05, 0) is 25.0 Å². The molecule has 0 saturated heterocycles.